The van der Waals surface area contributed by atoms with E-state index in [2.05, 4.69) is 19.7 Å². The van der Waals surface area contributed by atoms with Gasteiger partial charge in [0.2, 0.25) is 0 Å². The summed E-state index contributed by atoms with van der Waals surface area (Å²) in [7, 11) is 0. The second kappa shape index (κ2) is 17.6. The van der Waals surface area contributed by atoms with Gasteiger partial charge in [-0.05, 0) is 0 Å². The van der Waals surface area contributed by atoms with Crippen molar-refractivity contribution in [3.05, 3.63) is 147 Å². The van der Waals surface area contributed by atoms with Crippen molar-refractivity contribution in [2.45, 2.75) is 0 Å². The Labute approximate surface area is 258 Å². The Bertz CT molecular complexity index is 1320. The van der Waals surface area contributed by atoms with Crippen molar-refractivity contribution in [3.8, 4) is 34.5 Å². The Morgan fingerprint density at radius 1 is 0.442 bits per heavy atom. The summed E-state index contributed by atoms with van der Waals surface area (Å²) in [6.07, 6.45) is 12.6. The van der Waals surface area contributed by atoms with Crippen LogP contribution < -0.4 is 22.7 Å². The molecule has 9 nitrogen and oxygen atoms in total. The fraction of sp³-hybridized carbons (Fsp3) is 0. The molecule has 218 valence electrons. The number of carbonyl (C=O) groups is 3. The van der Waals surface area contributed by atoms with Crippen molar-refractivity contribution in [2.24, 2.45) is 0 Å². The molecule has 0 saturated heterocycles. The number of allylic oxidation sites excluding steroid dienone is 6. The van der Waals surface area contributed by atoms with Crippen molar-refractivity contribution in [1.82, 2.24) is 0 Å². The Kier molecular flexibility index (Phi) is 13.2. The van der Waals surface area contributed by atoms with Gasteiger partial charge in [-0.25, -0.2) is 0 Å². The molecule has 0 aliphatic carbocycles. The van der Waals surface area contributed by atoms with E-state index in [9.17, 15) is 14.4 Å². The van der Waals surface area contributed by atoms with Gasteiger partial charge in [-0.15, -0.1) is 0 Å². The number of hydrogen-bond donors (Lipinski definition) is 0. The molecule has 0 saturated carbocycles. The molecular formula is C33H27BiO9. The number of esters is 3. The monoisotopic (exact) mass is 776 g/mol. The van der Waals surface area contributed by atoms with Crippen molar-refractivity contribution >= 4 is 41.0 Å². The fourth-order valence-electron chi connectivity index (χ4n) is 2.91. The zero-order chi connectivity index (χ0) is 30.9. The Morgan fingerprint density at radius 2 is 0.674 bits per heavy atom. The topological polar surface area (TPSA) is 107 Å². The van der Waals surface area contributed by atoms with Crippen LogP contribution in [0.3, 0.4) is 0 Å². The molecule has 3 aromatic carbocycles. The first-order valence-corrected chi connectivity index (χ1v) is 16.8. The van der Waals surface area contributed by atoms with Gasteiger partial charge in [0.1, 0.15) is 0 Å². The molecule has 0 atom stereocenters. The van der Waals surface area contributed by atoms with Crippen molar-refractivity contribution in [2.75, 3.05) is 0 Å². The van der Waals surface area contributed by atoms with Crippen LogP contribution in [-0.4, -0.2) is 41.0 Å². The van der Waals surface area contributed by atoms with E-state index in [1.807, 2.05) is 0 Å². The third kappa shape index (κ3) is 12.1. The summed E-state index contributed by atoms with van der Waals surface area (Å²) in [5.74, 6) is 0.603. The van der Waals surface area contributed by atoms with Crippen LogP contribution in [0, 0.1) is 0 Å². The van der Waals surface area contributed by atoms with E-state index in [1.54, 1.807) is 72.8 Å². The fourth-order valence-corrected chi connectivity index (χ4v) is 6.77. The average molecular weight is 777 g/mol. The third-order valence-electron chi connectivity index (χ3n) is 4.77. The Balaban J connectivity index is 1.73. The molecule has 0 spiro atoms. The molecule has 10 heteroatoms. The van der Waals surface area contributed by atoms with E-state index in [0.29, 0.717) is 34.5 Å². The minimum absolute atomic E-state index is 0.319. The Morgan fingerprint density at radius 3 is 0.907 bits per heavy atom. The van der Waals surface area contributed by atoms with Crippen molar-refractivity contribution < 1.29 is 37.0 Å². The predicted octanol–water partition coefficient (Wildman–Crippen LogP) is 6.15. The Hall–Kier alpha value is -5.21. The summed E-state index contributed by atoms with van der Waals surface area (Å²) >= 11 is -3.77. The van der Waals surface area contributed by atoms with E-state index in [0.717, 1.165) is 0 Å². The molecule has 0 aliphatic heterocycles. The molecule has 0 heterocycles. The standard InChI is InChI=1S/3C11H10O3.Bi/c3*1-2-3-4-11(13)14-10-7-5-9(12)6-8-10;/h3*2-8,12H,1H2;/q;;;+3/p-3. The first kappa shape index (κ1) is 32.3. The summed E-state index contributed by atoms with van der Waals surface area (Å²) < 4.78 is 34.0. The summed E-state index contributed by atoms with van der Waals surface area (Å²) in [6, 6.07) is 19.2. The van der Waals surface area contributed by atoms with Gasteiger partial charge in [-0.2, -0.15) is 0 Å². The molecule has 0 unspecified atom stereocenters. The first-order valence-electron chi connectivity index (χ1n) is 12.6. The van der Waals surface area contributed by atoms with Crippen LogP contribution >= 0.6 is 0 Å². The average Bonchev–Trinajstić information content (AvgIpc) is 3.01. The molecule has 43 heavy (non-hydrogen) atoms. The molecular weight excluding hydrogens is 749 g/mol. The van der Waals surface area contributed by atoms with Crippen molar-refractivity contribution in [3.63, 3.8) is 0 Å². The van der Waals surface area contributed by atoms with Crippen LogP contribution in [0.4, 0.5) is 0 Å². The van der Waals surface area contributed by atoms with E-state index >= 15 is 0 Å². The van der Waals surface area contributed by atoms with Gasteiger partial charge < -0.3 is 0 Å². The molecule has 0 amide bonds. The summed E-state index contributed by atoms with van der Waals surface area (Å²) in [5, 5.41) is 0. The van der Waals surface area contributed by atoms with Gasteiger partial charge in [0, 0.05) is 0 Å². The van der Waals surface area contributed by atoms with Crippen LogP contribution in [0.15, 0.2) is 147 Å². The molecule has 0 bridgehead atoms. The number of benzene rings is 3. The third-order valence-corrected chi connectivity index (χ3v) is 8.97. The van der Waals surface area contributed by atoms with E-state index < -0.39 is 41.0 Å². The predicted molar refractivity (Wildman–Crippen MR) is 162 cm³/mol. The molecule has 0 fully saturated rings. The van der Waals surface area contributed by atoms with Crippen LogP contribution in [0.1, 0.15) is 0 Å². The normalized spacial score (nSPS) is 10.8. The number of rotatable bonds is 15. The number of ether oxygens (including phenoxy) is 3. The second-order valence-electron chi connectivity index (χ2n) is 7.96. The number of carbonyl (C=O) groups excluding carboxylic acids is 3. The van der Waals surface area contributed by atoms with E-state index in [-0.39, 0.29) is 0 Å². The first-order chi connectivity index (χ1) is 20.9. The molecule has 0 radical (unpaired) electrons. The van der Waals surface area contributed by atoms with Gasteiger partial charge in [0.05, 0.1) is 0 Å². The van der Waals surface area contributed by atoms with E-state index in [1.165, 1.54) is 54.7 Å². The second-order valence-corrected chi connectivity index (χ2v) is 11.8. The van der Waals surface area contributed by atoms with Gasteiger partial charge in [-0.3, -0.25) is 0 Å². The van der Waals surface area contributed by atoms with Crippen LogP contribution in [0.25, 0.3) is 0 Å². The summed E-state index contributed by atoms with van der Waals surface area (Å²) in [5.41, 5.74) is 0. The van der Waals surface area contributed by atoms with E-state index in [4.69, 9.17) is 22.7 Å². The van der Waals surface area contributed by atoms with Gasteiger partial charge in [0.25, 0.3) is 0 Å². The molecule has 0 aliphatic rings. The minimum atomic E-state index is -3.77. The van der Waals surface area contributed by atoms with Gasteiger partial charge >= 0.3 is 260 Å². The van der Waals surface area contributed by atoms with Crippen LogP contribution in [0.5, 0.6) is 34.5 Å². The quantitative estimate of drug-likeness (QED) is 0.0591. The van der Waals surface area contributed by atoms with Crippen LogP contribution in [-0.2, 0) is 14.4 Å². The van der Waals surface area contributed by atoms with Crippen LogP contribution in [0.2, 0.25) is 0 Å². The van der Waals surface area contributed by atoms with Gasteiger partial charge in [0.15, 0.2) is 0 Å². The molecule has 0 N–H and O–H groups in total. The molecule has 3 aromatic rings. The van der Waals surface area contributed by atoms with Gasteiger partial charge in [-0.1, -0.05) is 0 Å². The molecule has 0 aromatic heterocycles. The summed E-state index contributed by atoms with van der Waals surface area (Å²) in [4.78, 5) is 35.4. The maximum absolute atomic E-state index is 11.8. The zero-order valence-electron chi connectivity index (χ0n) is 22.9. The molecule has 3 rings (SSSR count). The zero-order valence-corrected chi connectivity index (χ0v) is 26.3. The summed E-state index contributed by atoms with van der Waals surface area (Å²) in [6.45, 7) is 10.5. The number of hydrogen-bond acceptors (Lipinski definition) is 9. The SMILES string of the molecule is C=CC=CC(=O)Oc1ccc([O][Bi]([O]c2ccc(OC(=O)C=CC=C)cc2)[O]c2ccc(OC(=O)C=CC=C)cc2)cc1. The van der Waals surface area contributed by atoms with Crippen molar-refractivity contribution in [1.29, 1.82) is 0 Å². The maximum atomic E-state index is 11.8.